The van der Waals surface area contributed by atoms with E-state index < -0.39 is 23.2 Å². The first-order valence-corrected chi connectivity index (χ1v) is 10.2. The number of hydrogen-bond donors (Lipinski definition) is 1. The summed E-state index contributed by atoms with van der Waals surface area (Å²) >= 11 is 0. The van der Waals surface area contributed by atoms with Gasteiger partial charge in [0.2, 0.25) is 0 Å². The molecule has 1 aromatic carbocycles. The summed E-state index contributed by atoms with van der Waals surface area (Å²) in [7, 11) is 3.24. The molecule has 2 unspecified atom stereocenters. The summed E-state index contributed by atoms with van der Waals surface area (Å²) in [5.74, 6) is -3.86. The van der Waals surface area contributed by atoms with Gasteiger partial charge in [-0.15, -0.1) is 0 Å². The van der Waals surface area contributed by atoms with Gasteiger partial charge in [-0.25, -0.2) is 8.78 Å². The Morgan fingerprint density at radius 1 is 1.29 bits per heavy atom. The highest BCUT2D eigenvalue weighted by Crippen LogP contribution is 2.71. The molecule has 2 aliphatic rings. The van der Waals surface area contributed by atoms with Gasteiger partial charge in [0.05, 0.1) is 34.9 Å². The van der Waals surface area contributed by atoms with Crippen molar-refractivity contribution < 1.29 is 18.3 Å². The summed E-state index contributed by atoms with van der Waals surface area (Å²) in [5, 5.41) is 0.302. The van der Waals surface area contributed by atoms with Gasteiger partial charge in [-0.1, -0.05) is 18.2 Å². The molecule has 2 atom stereocenters. The van der Waals surface area contributed by atoms with Crippen molar-refractivity contribution in [3.05, 3.63) is 63.7 Å². The van der Waals surface area contributed by atoms with Crippen LogP contribution in [0.2, 0.25) is 0 Å². The molecule has 0 bridgehead atoms. The first-order chi connectivity index (χ1) is 14.7. The number of aryl methyl sites for hydroxylation is 2. The number of likely N-dealkylation sites (tertiary alicyclic amines) is 1. The number of methoxy groups -OCH3 is 1. The van der Waals surface area contributed by atoms with Crippen LogP contribution in [-0.2, 0) is 12.5 Å². The smallest absolute Gasteiger partial charge is 0.263 e. The maximum absolute atomic E-state index is 15.1. The van der Waals surface area contributed by atoms with Crippen LogP contribution in [0.5, 0.6) is 5.75 Å². The van der Waals surface area contributed by atoms with Crippen LogP contribution >= 0.6 is 0 Å². The summed E-state index contributed by atoms with van der Waals surface area (Å²) < 4.78 is 37.3. The molecular weight excluding hydrogens is 404 g/mol. The number of alkyl halides is 2. The number of fused-ring (bicyclic) bond motifs is 2. The third-order valence-electron chi connectivity index (χ3n) is 7.03. The van der Waals surface area contributed by atoms with Gasteiger partial charge in [0, 0.05) is 38.1 Å². The Labute approximate surface area is 177 Å². The second-order valence-electron chi connectivity index (χ2n) is 8.53. The number of para-hydroxylation sites is 1. The van der Waals surface area contributed by atoms with Crippen LogP contribution in [0.3, 0.4) is 0 Å². The Bertz CT molecular complexity index is 1280. The molecule has 1 N–H and O–H groups in total. The van der Waals surface area contributed by atoms with Gasteiger partial charge in [0.1, 0.15) is 5.75 Å². The van der Waals surface area contributed by atoms with Crippen molar-refractivity contribution in [3.63, 3.8) is 0 Å². The Hall–Kier alpha value is -3.16. The number of ether oxygens (including phenoxy) is 1. The predicted molar refractivity (Wildman–Crippen MR) is 112 cm³/mol. The Balaban J connectivity index is 1.50. The molecule has 0 radical (unpaired) electrons. The second-order valence-corrected chi connectivity index (χ2v) is 8.53. The summed E-state index contributed by atoms with van der Waals surface area (Å²) in [6.45, 7) is 1.97. The monoisotopic (exact) mass is 427 g/mol. The van der Waals surface area contributed by atoms with Crippen LogP contribution < -0.4 is 10.3 Å². The third-order valence-corrected chi connectivity index (χ3v) is 7.03. The number of halogens is 2. The zero-order chi connectivity index (χ0) is 22.1. The van der Waals surface area contributed by atoms with Crippen molar-refractivity contribution in [2.75, 3.05) is 20.2 Å². The second kappa shape index (κ2) is 6.42. The van der Waals surface area contributed by atoms with Gasteiger partial charge in [-0.2, -0.15) is 0 Å². The largest absolute Gasteiger partial charge is 0.496 e. The van der Waals surface area contributed by atoms with Crippen molar-refractivity contribution in [2.45, 2.75) is 24.7 Å². The van der Waals surface area contributed by atoms with Crippen LogP contribution in [0.15, 0.2) is 41.5 Å². The van der Waals surface area contributed by atoms with E-state index in [-0.39, 0.29) is 30.6 Å². The highest BCUT2D eigenvalue weighted by atomic mass is 19.3. The standard InChI is InChI=1S/C23H23F2N3O3/c1-13-10-26-20(29)18-14(11-27(2)19(13)18)21(30)28-9-8-22(17(12-28)23(22,24)25)15-6-4-5-7-16(15)31-3/h4-7,10-11,17H,8-9,12H2,1-3H3,(H,26,29). The SMILES string of the molecule is COc1ccccc1C12CCN(C(=O)c3cn(C)c4c(C)c[nH]c(=O)c34)CC1C2(F)F. The fraction of sp³-hybridized carbons (Fsp3) is 0.391. The Morgan fingerprint density at radius 2 is 2.03 bits per heavy atom. The van der Waals surface area contributed by atoms with E-state index in [4.69, 9.17) is 4.74 Å². The highest BCUT2D eigenvalue weighted by Gasteiger charge is 2.82. The lowest BCUT2D eigenvalue weighted by atomic mass is 9.86. The topological polar surface area (TPSA) is 67.3 Å². The average Bonchev–Trinajstić information content (AvgIpc) is 3.06. The van der Waals surface area contributed by atoms with E-state index >= 15 is 8.78 Å². The summed E-state index contributed by atoms with van der Waals surface area (Å²) in [6, 6.07) is 6.88. The molecule has 1 amide bonds. The van der Waals surface area contributed by atoms with E-state index in [0.29, 0.717) is 22.2 Å². The first kappa shape index (κ1) is 19.8. The normalized spacial score (nSPS) is 24.2. The minimum atomic E-state index is -2.93. The highest BCUT2D eigenvalue weighted by molar-refractivity contribution is 6.07. The molecule has 8 heteroatoms. The zero-order valence-corrected chi connectivity index (χ0v) is 17.5. The fourth-order valence-electron chi connectivity index (χ4n) is 5.45. The number of benzene rings is 1. The zero-order valence-electron chi connectivity index (χ0n) is 17.5. The van der Waals surface area contributed by atoms with E-state index in [1.165, 1.54) is 12.0 Å². The molecule has 5 rings (SSSR count). The number of nitrogens with one attached hydrogen (secondary N) is 1. The molecule has 162 valence electrons. The van der Waals surface area contributed by atoms with Crippen LogP contribution in [0.1, 0.15) is 27.9 Å². The molecule has 2 aromatic heterocycles. The first-order valence-electron chi connectivity index (χ1n) is 10.2. The predicted octanol–water partition coefficient (Wildman–Crippen LogP) is 3.23. The maximum Gasteiger partial charge on any atom is 0.263 e. The molecule has 3 aromatic rings. The maximum atomic E-state index is 15.1. The van der Waals surface area contributed by atoms with E-state index in [0.717, 1.165) is 5.56 Å². The van der Waals surface area contributed by atoms with Crippen molar-refractivity contribution in [1.82, 2.24) is 14.5 Å². The van der Waals surface area contributed by atoms with Crippen LogP contribution in [0.4, 0.5) is 8.78 Å². The molecule has 0 spiro atoms. The van der Waals surface area contributed by atoms with Crippen molar-refractivity contribution in [3.8, 4) is 5.75 Å². The molecular formula is C23H23F2N3O3. The number of piperidine rings is 1. The lowest BCUT2D eigenvalue weighted by Gasteiger charge is -2.31. The fourth-order valence-corrected chi connectivity index (χ4v) is 5.45. The van der Waals surface area contributed by atoms with Crippen molar-refractivity contribution in [2.24, 2.45) is 13.0 Å². The van der Waals surface area contributed by atoms with Crippen molar-refractivity contribution >= 4 is 16.8 Å². The lowest BCUT2D eigenvalue weighted by molar-refractivity contribution is 0.0691. The summed E-state index contributed by atoms with van der Waals surface area (Å²) in [5.41, 5.74) is 0.570. The minimum Gasteiger partial charge on any atom is -0.496 e. The quantitative estimate of drug-likeness (QED) is 0.698. The Kier molecular flexibility index (Phi) is 4.10. The molecule has 2 fully saturated rings. The number of carbonyl (C=O) groups excluding carboxylic acids is 1. The van der Waals surface area contributed by atoms with Gasteiger partial charge < -0.3 is 19.2 Å². The van der Waals surface area contributed by atoms with Crippen LogP contribution in [-0.4, -0.2) is 46.5 Å². The van der Waals surface area contributed by atoms with E-state index in [1.54, 1.807) is 48.3 Å². The molecule has 1 saturated carbocycles. The number of pyridine rings is 1. The lowest BCUT2D eigenvalue weighted by Crippen LogP contribution is -2.40. The number of aromatic amines is 1. The van der Waals surface area contributed by atoms with Gasteiger partial charge >= 0.3 is 0 Å². The third kappa shape index (κ3) is 2.47. The molecule has 6 nitrogen and oxygen atoms in total. The number of amides is 1. The van der Waals surface area contributed by atoms with Crippen molar-refractivity contribution in [1.29, 1.82) is 0 Å². The summed E-state index contributed by atoms with van der Waals surface area (Å²) in [4.78, 5) is 29.9. The van der Waals surface area contributed by atoms with E-state index in [2.05, 4.69) is 4.98 Å². The van der Waals surface area contributed by atoms with Gasteiger partial charge in [0.15, 0.2) is 0 Å². The minimum absolute atomic E-state index is 0.0655. The number of H-pyrrole nitrogens is 1. The van der Waals surface area contributed by atoms with Crippen LogP contribution in [0.25, 0.3) is 10.9 Å². The molecule has 1 aliphatic heterocycles. The molecule has 1 aliphatic carbocycles. The molecule has 31 heavy (non-hydrogen) atoms. The molecule has 1 saturated heterocycles. The van der Waals surface area contributed by atoms with Gasteiger partial charge in [0.25, 0.3) is 17.4 Å². The number of nitrogens with zero attached hydrogens (tertiary/aromatic N) is 2. The average molecular weight is 427 g/mol. The van der Waals surface area contributed by atoms with E-state index in [1.807, 2.05) is 6.92 Å². The number of aromatic nitrogens is 2. The van der Waals surface area contributed by atoms with Gasteiger partial charge in [-0.05, 0) is 25.0 Å². The number of hydrogen-bond acceptors (Lipinski definition) is 3. The Morgan fingerprint density at radius 3 is 2.74 bits per heavy atom. The number of rotatable bonds is 3. The summed E-state index contributed by atoms with van der Waals surface area (Å²) in [6.07, 6.45) is 3.35. The van der Waals surface area contributed by atoms with E-state index in [9.17, 15) is 9.59 Å². The molecule has 3 heterocycles. The van der Waals surface area contributed by atoms with Crippen LogP contribution in [0, 0.1) is 12.8 Å². The number of carbonyl (C=O) groups is 1. The van der Waals surface area contributed by atoms with Gasteiger partial charge in [-0.3, -0.25) is 9.59 Å².